The maximum Gasteiger partial charge on any atom is 0.240 e. The molecule has 0 saturated heterocycles. The normalized spacial score (nSPS) is 11.6. The van der Waals surface area contributed by atoms with Gasteiger partial charge < -0.3 is 5.73 Å². The van der Waals surface area contributed by atoms with Crippen molar-refractivity contribution in [1.29, 1.82) is 0 Å². The second-order valence-corrected chi connectivity index (χ2v) is 6.77. The molecule has 1 heterocycles. The first-order valence-corrected chi connectivity index (χ1v) is 8.29. The van der Waals surface area contributed by atoms with Crippen LogP contribution in [-0.4, -0.2) is 15.0 Å². The fourth-order valence-electron chi connectivity index (χ4n) is 1.76. The van der Waals surface area contributed by atoms with Gasteiger partial charge in [-0.25, -0.2) is 13.1 Å². The van der Waals surface area contributed by atoms with Crippen LogP contribution < -0.4 is 10.5 Å². The van der Waals surface area contributed by atoms with Crippen LogP contribution in [0.1, 0.15) is 11.1 Å². The highest BCUT2D eigenvalue weighted by Gasteiger charge is 2.17. The third-order valence-corrected chi connectivity index (χ3v) is 5.24. The van der Waals surface area contributed by atoms with E-state index in [0.717, 1.165) is 5.56 Å². The third kappa shape index (κ3) is 3.34. The second kappa shape index (κ2) is 5.73. The van der Waals surface area contributed by atoms with Gasteiger partial charge in [0.1, 0.15) is 0 Å². The van der Waals surface area contributed by atoms with Gasteiger partial charge in [-0.05, 0) is 53.4 Å². The molecule has 0 spiro atoms. The highest BCUT2D eigenvalue weighted by atomic mass is 32.2. The lowest BCUT2D eigenvalue weighted by atomic mass is 10.2. The number of nitrogens with one attached hydrogen (secondary N) is 1. The Kier molecular flexibility index (Phi) is 4.24. The van der Waals surface area contributed by atoms with Gasteiger partial charge in [-0.1, -0.05) is 6.07 Å². The summed E-state index contributed by atoms with van der Waals surface area (Å²) in [6.45, 7) is 2.09. The first kappa shape index (κ1) is 14.0. The van der Waals surface area contributed by atoms with Gasteiger partial charge in [0.2, 0.25) is 10.0 Å². The lowest BCUT2D eigenvalue weighted by Gasteiger charge is -2.10. The SMILES string of the molecule is Cc1c(N)cccc1S(=O)(=O)NCCc1ccsc1. The average Bonchev–Trinajstić information content (AvgIpc) is 2.85. The summed E-state index contributed by atoms with van der Waals surface area (Å²) in [5.41, 5.74) is 7.94. The van der Waals surface area contributed by atoms with Gasteiger partial charge in [0.15, 0.2) is 0 Å². The number of rotatable bonds is 5. The Labute approximate surface area is 117 Å². The Morgan fingerprint density at radius 3 is 2.79 bits per heavy atom. The molecule has 0 amide bonds. The van der Waals surface area contributed by atoms with Crippen molar-refractivity contribution in [3.8, 4) is 0 Å². The van der Waals surface area contributed by atoms with Crippen LogP contribution in [0.15, 0.2) is 39.9 Å². The first-order chi connectivity index (χ1) is 9.00. The van der Waals surface area contributed by atoms with E-state index in [2.05, 4.69) is 4.72 Å². The van der Waals surface area contributed by atoms with E-state index in [9.17, 15) is 8.42 Å². The number of thiophene rings is 1. The van der Waals surface area contributed by atoms with Crippen molar-refractivity contribution in [1.82, 2.24) is 4.72 Å². The Morgan fingerprint density at radius 1 is 1.32 bits per heavy atom. The van der Waals surface area contributed by atoms with E-state index in [1.165, 1.54) is 0 Å². The van der Waals surface area contributed by atoms with Crippen LogP contribution in [0.5, 0.6) is 0 Å². The van der Waals surface area contributed by atoms with Crippen LogP contribution in [0.4, 0.5) is 5.69 Å². The topological polar surface area (TPSA) is 72.2 Å². The quantitative estimate of drug-likeness (QED) is 0.831. The molecule has 6 heteroatoms. The molecule has 0 radical (unpaired) electrons. The van der Waals surface area contributed by atoms with Gasteiger partial charge in [0.05, 0.1) is 4.90 Å². The number of nitrogens with two attached hydrogens (primary N) is 1. The maximum absolute atomic E-state index is 12.2. The monoisotopic (exact) mass is 296 g/mol. The van der Waals surface area contributed by atoms with Crippen molar-refractivity contribution < 1.29 is 8.42 Å². The van der Waals surface area contributed by atoms with Crippen LogP contribution in [0.2, 0.25) is 0 Å². The van der Waals surface area contributed by atoms with Gasteiger partial charge in [-0.3, -0.25) is 0 Å². The first-order valence-electron chi connectivity index (χ1n) is 5.86. The van der Waals surface area contributed by atoms with Crippen molar-refractivity contribution in [3.05, 3.63) is 46.2 Å². The van der Waals surface area contributed by atoms with Crippen LogP contribution in [-0.2, 0) is 16.4 Å². The molecule has 3 N–H and O–H groups in total. The Balaban J connectivity index is 2.08. The molecule has 2 aromatic rings. The highest BCUT2D eigenvalue weighted by Crippen LogP contribution is 2.20. The molecular formula is C13H16N2O2S2. The number of benzene rings is 1. The van der Waals surface area contributed by atoms with Crippen molar-refractivity contribution in [3.63, 3.8) is 0 Å². The Morgan fingerprint density at radius 2 is 2.11 bits per heavy atom. The molecule has 2 rings (SSSR count). The fraction of sp³-hybridized carbons (Fsp3) is 0.231. The Hall–Kier alpha value is -1.37. The number of hydrogen-bond acceptors (Lipinski definition) is 4. The van der Waals surface area contributed by atoms with Crippen LogP contribution in [0, 0.1) is 6.92 Å². The largest absolute Gasteiger partial charge is 0.398 e. The van der Waals surface area contributed by atoms with Gasteiger partial charge in [0, 0.05) is 12.2 Å². The standard InChI is InChI=1S/C13H16N2O2S2/c1-10-12(14)3-2-4-13(10)19(16,17)15-7-5-11-6-8-18-9-11/h2-4,6,8-9,15H,5,7,14H2,1H3. The third-order valence-electron chi connectivity index (χ3n) is 2.90. The molecule has 4 nitrogen and oxygen atoms in total. The number of hydrogen-bond donors (Lipinski definition) is 2. The van der Waals surface area contributed by atoms with E-state index < -0.39 is 10.0 Å². The van der Waals surface area contributed by atoms with Crippen molar-refractivity contribution in [2.45, 2.75) is 18.2 Å². The number of sulfonamides is 1. The Bertz CT molecular complexity index is 649. The summed E-state index contributed by atoms with van der Waals surface area (Å²) in [6, 6.07) is 6.90. The van der Waals surface area contributed by atoms with E-state index in [-0.39, 0.29) is 4.90 Å². The van der Waals surface area contributed by atoms with Crippen LogP contribution >= 0.6 is 11.3 Å². The van der Waals surface area contributed by atoms with Crippen LogP contribution in [0.3, 0.4) is 0 Å². The summed E-state index contributed by atoms with van der Waals surface area (Å²) >= 11 is 1.60. The smallest absolute Gasteiger partial charge is 0.240 e. The molecule has 0 aliphatic carbocycles. The summed E-state index contributed by atoms with van der Waals surface area (Å²) in [4.78, 5) is 0.248. The molecule has 102 valence electrons. The minimum Gasteiger partial charge on any atom is -0.398 e. The molecule has 0 aliphatic rings. The van der Waals surface area contributed by atoms with Crippen molar-refractivity contribution >= 4 is 27.0 Å². The zero-order valence-corrected chi connectivity index (χ0v) is 12.2. The van der Waals surface area contributed by atoms with Gasteiger partial charge in [-0.2, -0.15) is 11.3 Å². The summed E-state index contributed by atoms with van der Waals surface area (Å²) in [6.07, 6.45) is 0.685. The number of nitrogen functional groups attached to an aromatic ring is 1. The molecule has 0 unspecified atom stereocenters. The molecular weight excluding hydrogens is 280 g/mol. The van der Waals surface area contributed by atoms with E-state index in [0.29, 0.717) is 24.2 Å². The highest BCUT2D eigenvalue weighted by molar-refractivity contribution is 7.89. The average molecular weight is 296 g/mol. The van der Waals surface area contributed by atoms with Gasteiger partial charge >= 0.3 is 0 Å². The second-order valence-electron chi connectivity index (χ2n) is 4.25. The molecule has 0 saturated carbocycles. The maximum atomic E-state index is 12.2. The molecule has 0 fully saturated rings. The van der Waals surface area contributed by atoms with Crippen molar-refractivity contribution in [2.24, 2.45) is 0 Å². The molecule has 0 bridgehead atoms. The summed E-state index contributed by atoms with van der Waals surface area (Å²) < 4.78 is 26.9. The summed E-state index contributed by atoms with van der Waals surface area (Å²) in [5.74, 6) is 0. The van der Waals surface area contributed by atoms with Crippen LogP contribution in [0.25, 0.3) is 0 Å². The van der Waals surface area contributed by atoms with Crippen molar-refractivity contribution in [2.75, 3.05) is 12.3 Å². The zero-order valence-electron chi connectivity index (χ0n) is 10.6. The van der Waals surface area contributed by atoms with E-state index >= 15 is 0 Å². The molecule has 19 heavy (non-hydrogen) atoms. The lowest BCUT2D eigenvalue weighted by Crippen LogP contribution is -2.26. The zero-order chi connectivity index (χ0) is 13.9. The predicted molar refractivity (Wildman–Crippen MR) is 78.8 cm³/mol. The number of anilines is 1. The van der Waals surface area contributed by atoms with Gasteiger partial charge in [0.25, 0.3) is 0 Å². The lowest BCUT2D eigenvalue weighted by molar-refractivity contribution is 0.581. The summed E-state index contributed by atoms with van der Waals surface area (Å²) in [5, 5.41) is 3.99. The summed E-state index contributed by atoms with van der Waals surface area (Å²) in [7, 11) is -3.49. The molecule has 1 aromatic carbocycles. The predicted octanol–water partition coefficient (Wildman–Crippen LogP) is 2.16. The fourth-order valence-corrected chi connectivity index (χ4v) is 3.77. The van der Waals surface area contributed by atoms with E-state index in [1.54, 1.807) is 36.5 Å². The minimum atomic E-state index is -3.49. The molecule has 0 aliphatic heterocycles. The van der Waals surface area contributed by atoms with E-state index in [4.69, 9.17) is 5.73 Å². The minimum absolute atomic E-state index is 0.248. The van der Waals surface area contributed by atoms with E-state index in [1.807, 2.05) is 16.8 Å². The molecule has 1 aromatic heterocycles. The van der Waals surface area contributed by atoms with Gasteiger partial charge in [-0.15, -0.1) is 0 Å². The molecule has 0 atom stereocenters.